The van der Waals surface area contributed by atoms with Crippen LogP contribution in [0.25, 0.3) is 49.5 Å². The normalized spacial score (nSPS) is 11.3. The summed E-state index contributed by atoms with van der Waals surface area (Å²) in [7, 11) is 0. The molecule has 0 bridgehead atoms. The van der Waals surface area contributed by atoms with Crippen molar-refractivity contribution in [2.75, 3.05) is 5.32 Å². The third-order valence-electron chi connectivity index (χ3n) is 6.79. The molecule has 3 nitrogen and oxygen atoms in total. The molecule has 0 aliphatic carbocycles. The van der Waals surface area contributed by atoms with Crippen molar-refractivity contribution in [2.45, 2.75) is 0 Å². The lowest BCUT2D eigenvalue weighted by Crippen LogP contribution is -1.97. The number of fused-ring (bicyclic) bond motifs is 5. The van der Waals surface area contributed by atoms with Crippen LogP contribution >= 0.6 is 0 Å². The molecular formula is C33H23N3. The number of benzene rings is 5. The Labute approximate surface area is 209 Å². The predicted octanol–water partition coefficient (Wildman–Crippen LogP) is 8.74. The molecule has 2 heterocycles. The molecule has 0 fully saturated rings. The van der Waals surface area contributed by atoms with Crippen LogP contribution in [0.3, 0.4) is 0 Å². The van der Waals surface area contributed by atoms with Gasteiger partial charge >= 0.3 is 0 Å². The van der Waals surface area contributed by atoms with E-state index in [-0.39, 0.29) is 0 Å². The number of nitrogens with zero attached hydrogens (tertiary/aromatic N) is 2. The highest BCUT2D eigenvalue weighted by Gasteiger charge is 2.16. The van der Waals surface area contributed by atoms with Gasteiger partial charge in [0.05, 0.1) is 11.0 Å². The van der Waals surface area contributed by atoms with E-state index in [1.165, 1.54) is 38.2 Å². The predicted molar refractivity (Wildman–Crippen MR) is 151 cm³/mol. The smallest absolute Gasteiger partial charge is 0.137 e. The number of rotatable bonds is 4. The molecule has 170 valence electrons. The molecule has 0 atom stereocenters. The summed E-state index contributed by atoms with van der Waals surface area (Å²) in [5, 5.41) is 8.52. The molecule has 3 heteroatoms. The summed E-state index contributed by atoms with van der Waals surface area (Å²) in [5.74, 6) is 0.914. The van der Waals surface area contributed by atoms with Gasteiger partial charge < -0.3 is 5.32 Å². The molecule has 0 aliphatic rings. The second kappa shape index (κ2) is 8.40. The molecule has 0 aliphatic heterocycles. The number of aromatic nitrogens is 2. The average Bonchev–Trinajstić information content (AvgIpc) is 3.28. The SMILES string of the molecule is c1ccc(-c2cccc(Nc3ccc4c5ccc6ccccc6c5n(-c5ccccn5)c4c3)c2)cc1. The second-order valence-electron chi connectivity index (χ2n) is 9.01. The number of hydrogen-bond donors (Lipinski definition) is 1. The Kier molecular flexibility index (Phi) is 4.78. The maximum atomic E-state index is 4.73. The first-order chi connectivity index (χ1) is 17.8. The third kappa shape index (κ3) is 3.41. The zero-order valence-electron chi connectivity index (χ0n) is 19.6. The van der Waals surface area contributed by atoms with Crippen LogP contribution in [0.2, 0.25) is 0 Å². The molecular weight excluding hydrogens is 438 g/mol. The van der Waals surface area contributed by atoms with Gasteiger partial charge in [-0.3, -0.25) is 4.57 Å². The van der Waals surface area contributed by atoms with Gasteiger partial charge in [-0.1, -0.05) is 91.0 Å². The fourth-order valence-corrected chi connectivity index (χ4v) is 5.15. The maximum Gasteiger partial charge on any atom is 0.137 e. The Balaban J connectivity index is 1.41. The molecule has 0 spiro atoms. The van der Waals surface area contributed by atoms with Crippen molar-refractivity contribution in [2.24, 2.45) is 0 Å². The van der Waals surface area contributed by atoms with Gasteiger partial charge in [-0.05, 0) is 52.9 Å². The van der Waals surface area contributed by atoms with Gasteiger partial charge in [-0.25, -0.2) is 4.98 Å². The van der Waals surface area contributed by atoms with Gasteiger partial charge in [0, 0.05) is 33.7 Å². The van der Waals surface area contributed by atoms with E-state index in [1.54, 1.807) is 0 Å². The summed E-state index contributed by atoms with van der Waals surface area (Å²) in [5.41, 5.74) is 6.81. The molecule has 2 aromatic heterocycles. The van der Waals surface area contributed by atoms with E-state index in [9.17, 15) is 0 Å². The molecule has 5 aromatic carbocycles. The van der Waals surface area contributed by atoms with Crippen LogP contribution in [-0.2, 0) is 0 Å². The zero-order chi connectivity index (χ0) is 23.9. The molecule has 0 unspecified atom stereocenters. The van der Waals surface area contributed by atoms with E-state index < -0.39 is 0 Å². The highest BCUT2D eigenvalue weighted by Crippen LogP contribution is 2.37. The van der Waals surface area contributed by atoms with Gasteiger partial charge in [0.2, 0.25) is 0 Å². The van der Waals surface area contributed by atoms with Crippen molar-refractivity contribution in [3.63, 3.8) is 0 Å². The van der Waals surface area contributed by atoms with E-state index >= 15 is 0 Å². The summed E-state index contributed by atoms with van der Waals surface area (Å²) in [6.45, 7) is 0. The molecule has 36 heavy (non-hydrogen) atoms. The summed E-state index contributed by atoms with van der Waals surface area (Å²) >= 11 is 0. The fraction of sp³-hybridized carbons (Fsp3) is 0. The Morgan fingerprint density at radius 3 is 2.19 bits per heavy atom. The number of nitrogens with one attached hydrogen (secondary N) is 1. The topological polar surface area (TPSA) is 29.9 Å². The van der Waals surface area contributed by atoms with E-state index in [4.69, 9.17) is 4.98 Å². The lowest BCUT2D eigenvalue weighted by Gasteiger charge is -2.11. The van der Waals surface area contributed by atoms with Gasteiger partial charge in [-0.15, -0.1) is 0 Å². The standard InChI is InChI=1S/C33H23N3/c1-2-9-23(10-3-1)25-12-8-13-26(21-25)35-27-17-19-29-30-18-16-24-11-4-5-14-28(24)33(30)36(31(29)22-27)32-15-6-7-20-34-32/h1-22,35H. The van der Waals surface area contributed by atoms with E-state index in [2.05, 4.69) is 119 Å². The first-order valence-corrected chi connectivity index (χ1v) is 12.1. The molecule has 0 saturated heterocycles. The number of pyridine rings is 1. The van der Waals surface area contributed by atoms with Crippen LogP contribution in [0.15, 0.2) is 134 Å². The minimum absolute atomic E-state index is 0.914. The Morgan fingerprint density at radius 1 is 0.528 bits per heavy atom. The molecule has 1 N–H and O–H groups in total. The number of anilines is 2. The summed E-state index contributed by atoms with van der Waals surface area (Å²) < 4.78 is 2.29. The van der Waals surface area contributed by atoms with Crippen LogP contribution in [0, 0.1) is 0 Å². The minimum atomic E-state index is 0.914. The Morgan fingerprint density at radius 2 is 1.31 bits per heavy atom. The van der Waals surface area contributed by atoms with Crippen molar-refractivity contribution in [1.29, 1.82) is 0 Å². The maximum absolute atomic E-state index is 4.73. The van der Waals surface area contributed by atoms with Gasteiger partial charge in [0.25, 0.3) is 0 Å². The van der Waals surface area contributed by atoms with Crippen LogP contribution in [0.4, 0.5) is 11.4 Å². The fourth-order valence-electron chi connectivity index (χ4n) is 5.15. The molecule has 0 radical (unpaired) electrons. The molecule has 7 aromatic rings. The molecule has 0 amide bonds. The highest BCUT2D eigenvalue weighted by atomic mass is 15.1. The first-order valence-electron chi connectivity index (χ1n) is 12.1. The van der Waals surface area contributed by atoms with Gasteiger partial charge in [0.1, 0.15) is 5.82 Å². The van der Waals surface area contributed by atoms with Crippen molar-refractivity contribution in [3.8, 4) is 16.9 Å². The Bertz CT molecular complexity index is 1850. The minimum Gasteiger partial charge on any atom is -0.355 e. The average molecular weight is 462 g/mol. The molecule has 0 saturated carbocycles. The van der Waals surface area contributed by atoms with Crippen LogP contribution in [0.5, 0.6) is 0 Å². The second-order valence-corrected chi connectivity index (χ2v) is 9.01. The quantitative estimate of drug-likeness (QED) is 0.284. The van der Waals surface area contributed by atoms with Crippen LogP contribution in [0.1, 0.15) is 0 Å². The lowest BCUT2D eigenvalue weighted by atomic mass is 10.0. The third-order valence-corrected chi connectivity index (χ3v) is 6.79. The van der Waals surface area contributed by atoms with E-state index in [0.717, 1.165) is 22.7 Å². The summed E-state index contributed by atoms with van der Waals surface area (Å²) in [6.07, 6.45) is 1.86. The molecule has 7 rings (SSSR count). The zero-order valence-corrected chi connectivity index (χ0v) is 19.6. The van der Waals surface area contributed by atoms with E-state index in [1.807, 2.05) is 24.4 Å². The van der Waals surface area contributed by atoms with Crippen LogP contribution < -0.4 is 5.32 Å². The summed E-state index contributed by atoms with van der Waals surface area (Å²) in [6, 6.07) is 44.7. The number of hydrogen-bond acceptors (Lipinski definition) is 2. The monoisotopic (exact) mass is 461 g/mol. The van der Waals surface area contributed by atoms with Crippen molar-refractivity contribution in [1.82, 2.24) is 9.55 Å². The van der Waals surface area contributed by atoms with Crippen molar-refractivity contribution in [3.05, 3.63) is 134 Å². The van der Waals surface area contributed by atoms with Gasteiger partial charge in [0.15, 0.2) is 0 Å². The van der Waals surface area contributed by atoms with Crippen LogP contribution in [-0.4, -0.2) is 9.55 Å². The Hall–Kier alpha value is -4.89. The van der Waals surface area contributed by atoms with Crippen molar-refractivity contribution >= 4 is 44.0 Å². The lowest BCUT2D eigenvalue weighted by molar-refractivity contribution is 1.08. The highest BCUT2D eigenvalue weighted by molar-refractivity contribution is 6.18. The largest absolute Gasteiger partial charge is 0.355 e. The van der Waals surface area contributed by atoms with Crippen molar-refractivity contribution < 1.29 is 0 Å². The van der Waals surface area contributed by atoms with E-state index in [0.29, 0.717) is 0 Å². The summed E-state index contributed by atoms with van der Waals surface area (Å²) in [4.78, 5) is 4.73. The first kappa shape index (κ1) is 20.5. The van der Waals surface area contributed by atoms with Gasteiger partial charge in [-0.2, -0.15) is 0 Å².